The third kappa shape index (κ3) is 6.19. The molecule has 0 nitrogen and oxygen atoms in total. The van der Waals surface area contributed by atoms with Gasteiger partial charge in [-0.15, -0.1) is 0 Å². The molecule has 0 amide bonds. The number of halogens is 3. The van der Waals surface area contributed by atoms with Crippen LogP contribution in [0.2, 0.25) is 0 Å². The van der Waals surface area contributed by atoms with E-state index in [1.165, 1.54) is 54.0 Å². The van der Waals surface area contributed by atoms with E-state index in [2.05, 4.69) is 121 Å². The maximum atomic E-state index is 2.41. The first kappa shape index (κ1) is 28.8. The third-order valence-electron chi connectivity index (χ3n) is 5.70. The topological polar surface area (TPSA) is 0 Å². The van der Waals surface area contributed by atoms with E-state index < -0.39 is 0 Å². The molecule has 32 heavy (non-hydrogen) atoms. The molecule has 0 aliphatic heterocycles. The molecule has 0 radical (unpaired) electrons. The van der Waals surface area contributed by atoms with E-state index in [0.29, 0.717) is 5.92 Å². The summed E-state index contributed by atoms with van der Waals surface area (Å²) in [6.07, 6.45) is 3.43. The Morgan fingerprint density at radius 2 is 1.09 bits per heavy atom. The molecule has 164 valence electrons. The Morgan fingerprint density at radius 3 is 1.53 bits per heavy atom. The standard InChI is InChI=1S/C28H27.3ClH.Ti/c1-19-12-20(2)15-26(14-19)28(27-16-21(3)13-22(4)17-27)25-11-10-24(18-25)23-8-6-5-7-9-23;;;;/h5-10,12-17,28H,11H2,1-4H3;3*1H;/q;;;;+3/p-3. The monoisotopic (exact) mass is 516 g/mol. The predicted molar refractivity (Wildman–Crippen MR) is 120 cm³/mol. The van der Waals surface area contributed by atoms with Gasteiger partial charge in [-0.25, -0.2) is 0 Å². The predicted octanol–water partition coefficient (Wildman–Crippen LogP) is -1.65. The first-order chi connectivity index (χ1) is 13.9. The van der Waals surface area contributed by atoms with Crippen molar-refractivity contribution in [3.63, 3.8) is 0 Å². The molecule has 3 aromatic carbocycles. The van der Waals surface area contributed by atoms with Crippen molar-refractivity contribution in [1.82, 2.24) is 0 Å². The van der Waals surface area contributed by atoms with E-state index in [0.717, 1.165) is 6.42 Å². The van der Waals surface area contributed by atoms with Gasteiger partial charge in [-0.1, -0.05) is 0 Å². The average molecular weight is 518 g/mol. The largest absolute Gasteiger partial charge is 1.00 e. The van der Waals surface area contributed by atoms with Gasteiger partial charge in [0.1, 0.15) is 0 Å². The summed E-state index contributed by atoms with van der Waals surface area (Å²) in [7, 11) is 0. The van der Waals surface area contributed by atoms with E-state index in [1.54, 1.807) is 0 Å². The second-order valence-electron chi connectivity index (χ2n) is 8.36. The Balaban J connectivity index is 0.00000171. The van der Waals surface area contributed by atoms with Crippen LogP contribution in [0, 0.1) is 27.7 Å². The van der Waals surface area contributed by atoms with Crippen LogP contribution in [-0.2, 0) is 20.4 Å². The van der Waals surface area contributed by atoms with Crippen LogP contribution in [0.1, 0.15) is 51.3 Å². The second-order valence-corrected chi connectivity index (χ2v) is 9.14. The van der Waals surface area contributed by atoms with Crippen LogP contribution in [0.3, 0.4) is 0 Å². The smallest absolute Gasteiger partial charge is 1.00 e. The number of aryl methyl sites for hydroxylation is 4. The third-order valence-corrected chi connectivity index (χ3v) is 6.63. The zero-order valence-electron chi connectivity index (χ0n) is 18.8. The maximum Gasteiger partial charge on any atom is -1.00 e. The number of allylic oxidation sites excluding steroid dienone is 4. The van der Waals surface area contributed by atoms with Crippen LogP contribution in [0.15, 0.2) is 82.3 Å². The van der Waals surface area contributed by atoms with Crippen molar-refractivity contribution < 1.29 is 57.7 Å². The first-order valence-electron chi connectivity index (χ1n) is 10.3. The van der Waals surface area contributed by atoms with Crippen LogP contribution in [0.4, 0.5) is 0 Å². The summed E-state index contributed by atoms with van der Waals surface area (Å²) < 4.78 is 1.43. The van der Waals surface area contributed by atoms with Crippen LogP contribution in [-0.4, -0.2) is 0 Å². The van der Waals surface area contributed by atoms with Gasteiger partial charge >= 0.3 is 187 Å². The van der Waals surface area contributed by atoms with E-state index >= 15 is 0 Å². The summed E-state index contributed by atoms with van der Waals surface area (Å²) in [6, 6.07) is 24.8. The molecule has 4 rings (SSSR count). The van der Waals surface area contributed by atoms with Gasteiger partial charge in [0.2, 0.25) is 0 Å². The van der Waals surface area contributed by atoms with Gasteiger partial charge in [-0.3, -0.25) is 0 Å². The van der Waals surface area contributed by atoms with Crippen molar-refractivity contribution >= 4 is 5.57 Å². The van der Waals surface area contributed by atoms with Gasteiger partial charge in [0, 0.05) is 0 Å². The molecule has 3 aromatic rings. The molecule has 0 atom stereocenters. The summed E-state index contributed by atoms with van der Waals surface area (Å²) >= 11 is 2.31. The Hall–Kier alpha value is -1.28. The maximum absolute atomic E-state index is 2.41. The Bertz CT molecular complexity index is 1040. The van der Waals surface area contributed by atoms with Gasteiger partial charge in [0.05, 0.1) is 0 Å². The molecule has 1 aliphatic rings. The Morgan fingerprint density at radius 1 is 0.656 bits per heavy atom. The number of benzene rings is 3. The molecule has 1 aliphatic carbocycles. The van der Waals surface area contributed by atoms with Crippen molar-refractivity contribution in [2.75, 3.05) is 0 Å². The van der Waals surface area contributed by atoms with Crippen molar-refractivity contribution in [3.05, 3.63) is 121 Å². The molecule has 4 heteroatoms. The average Bonchev–Trinajstić information content (AvgIpc) is 3.02. The minimum Gasteiger partial charge on any atom is -1.00 e. The van der Waals surface area contributed by atoms with Crippen LogP contribution in [0.5, 0.6) is 0 Å². The fourth-order valence-corrected chi connectivity index (χ4v) is 5.45. The second kappa shape index (κ2) is 12.3. The Kier molecular flexibility index (Phi) is 11.0. The molecule has 0 aromatic heterocycles. The summed E-state index contributed by atoms with van der Waals surface area (Å²) in [6.45, 7) is 8.83. The van der Waals surface area contributed by atoms with Gasteiger partial charge in [-0.05, 0) is 0 Å². The fourth-order valence-electron chi connectivity index (χ4n) is 4.68. The first-order valence-corrected chi connectivity index (χ1v) is 11.1. The minimum absolute atomic E-state index is 0. The quantitative estimate of drug-likeness (QED) is 0.364. The summed E-state index contributed by atoms with van der Waals surface area (Å²) in [5, 5.41) is 0. The molecule has 0 N–H and O–H groups in total. The van der Waals surface area contributed by atoms with E-state index in [4.69, 9.17) is 0 Å². The molecule has 0 saturated heterocycles. The molecule has 0 unspecified atom stereocenters. The Labute approximate surface area is 223 Å². The molecule has 0 heterocycles. The van der Waals surface area contributed by atoms with Gasteiger partial charge in [0.15, 0.2) is 0 Å². The van der Waals surface area contributed by atoms with Crippen molar-refractivity contribution in [2.45, 2.75) is 40.0 Å². The van der Waals surface area contributed by atoms with E-state index in [-0.39, 0.29) is 37.2 Å². The molecule has 0 saturated carbocycles. The minimum atomic E-state index is 0. The van der Waals surface area contributed by atoms with Crippen LogP contribution >= 0.6 is 0 Å². The van der Waals surface area contributed by atoms with Gasteiger partial charge in [0.25, 0.3) is 0 Å². The van der Waals surface area contributed by atoms with Gasteiger partial charge < -0.3 is 37.2 Å². The van der Waals surface area contributed by atoms with Crippen molar-refractivity contribution in [1.29, 1.82) is 0 Å². The van der Waals surface area contributed by atoms with Gasteiger partial charge in [-0.2, -0.15) is 0 Å². The molecule has 0 fully saturated rings. The van der Waals surface area contributed by atoms with Crippen molar-refractivity contribution in [3.8, 4) is 0 Å². The number of rotatable bonds is 4. The summed E-state index contributed by atoms with van der Waals surface area (Å²) in [5.41, 5.74) is 12.4. The molecular formula is C28H27Cl3Ti. The van der Waals surface area contributed by atoms with E-state index in [1.807, 2.05) is 0 Å². The zero-order valence-corrected chi connectivity index (χ0v) is 22.7. The van der Waals surface area contributed by atoms with E-state index in [9.17, 15) is 0 Å². The molecule has 0 spiro atoms. The molecular weight excluding hydrogens is 491 g/mol. The fraction of sp³-hybridized carbons (Fsp3) is 0.214. The van der Waals surface area contributed by atoms with Crippen molar-refractivity contribution in [2.24, 2.45) is 0 Å². The number of hydrogen-bond acceptors (Lipinski definition) is 0. The number of hydrogen-bond donors (Lipinski definition) is 0. The zero-order chi connectivity index (χ0) is 20.5. The van der Waals surface area contributed by atoms with Crippen LogP contribution < -0.4 is 37.2 Å². The summed E-state index contributed by atoms with van der Waals surface area (Å²) in [5.74, 6) is 0.296. The van der Waals surface area contributed by atoms with Crippen LogP contribution in [0.25, 0.3) is 5.57 Å². The molecule has 0 bridgehead atoms. The normalized spacial score (nSPS) is 12.7. The summed E-state index contributed by atoms with van der Waals surface area (Å²) in [4.78, 5) is 0. The SMILES string of the molecule is Cc1cc(C)cc(C(C2=[C]([Ti+3])C(c3ccccc3)=CC2)c2cc(C)cc(C)c2)c1.[Cl-].[Cl-].[Cl-].